The second-order valence-corrected chi connectivity index (χ2v) is 31.4. The third-order valence-corrected chi connectivity index (χ3v) is 21.6. The largest absolute Gasteiger partial charge is 0.481 e. The Hall–Kier alpha value is -8.32. The molecule has 36 nitrogen and oxygen atoms in total. The molecule has 36 heteroatoms. The molecule has 0 radical (unpaired) electrons. The van der Waals surface area contributed by atoms with Gasteiger partial charge in [-0.2, -0.15) is 0 Å². The summed E-state index contributed by atoms with van der Waals surface area (Å²) in [6.45, 7) is 19.5. The Morgan fingerprint density at radius 1 is 0.640 bits per heavy atom. The van der Waals surface area contributed by atoms with Gasteiger partial charge in [-0.1, -0.05) is 96.4 Å². The molecule has 2 saturated heterocycles. The molecule has 2 aliphatic heterocycles. The molecule has 0 aromatic rings. The van der Waals surface area contributed by atoms with Crippen LogP contribution in [0, 0.1) is 65.1 Å². The van der Waals surface area contributed by atoms with Crippen LogP contribution in [-0.2, 0) is 81.4 Å². The highest BCUT2D eigenvalue weighted by atomic mass is 16.5. The number of nitrogens with two attached hydrogens (primary N) is 4. The maximum absolute atomic E-state index is 15.6. The molecule has 0 aliphatic carbocycles. The van der Waals surface area contributed by atoms with Crippen molar-refractivity contribution in [3.63, 3.8) is 0 Å². The molecular formula is C75H129N13O23. The smallest absolute Gasteiger partial charge is 0.329 e. The summed E-state index contributed by atoms with van der Waals surface area (Å²) in [4.78, 5) is 229. The summed E-state index contributed by atoms with van der Waals surface area (Å²) in [6.07, 6.45) is -11.9. The predicted molar refractivity (Wildman–Crippen MR) is 403 cm³/mol. The molecular weight excluding hydrogens is 1450 g/mol. The number of ether oxygens (including phenoxy) is 1. The second kappa shape index (κ2) is 47.9. The van der Waals surface area contributed by atoms with Crippen molar-refractivity contribution in [2.45, 2.75) is 278 Å². The lowest BCUT2D eigenvalue weighted by Crippen LogP contribution is -2.60. The lowest BCUT2D eigenvalue weighted by atomic mass is 9.78. The van der Waals surface area contributed by atoms with Crippen molar-refractivity contribution in [1.29, 1.82) is 0 Å². The third-order valence-electron chi connectivity index (χ3n) is 21.6. The first-order valence-corrected chi connectivity index (χ1v) is 38.8. The van der Waals surface area contributed by atoms with E-state index in [1.807, 2.05) is 13.8 Å². The molecule has 2 heterocycles. The molecule has 21 atom stereocenters. The molecule has 11 amide bonds. The maximum atomic E-state index is 15.6. The van der Waals surface area contributed by atoms with Crippen LogP contribution in [0.5, 0.6) is 0 Å². The number of carboxylic acid groups (broad SMARTS) is 2. The highest BCUT2D eigenvalue weighted by Gasteiger charge is 2.48. The number of primary amides is 2. The van der Waals surface area contributed by atoms with Gasteiger partial charge in [0.25, 0.3) is 5.91 Å². The predicted octanol–water partition coefficient (Wildman–Crippen LogP) is -1.72. The molecule has 0 unspecified atom stereocenters. The molecule has 0 aromatic heterocycles. The Bertz CT molecular complexity index is 3180. The van der Waals surface area contributed by atoms with Gasteiger partial charge < -0.3 is 105 Å². The lowest BCUT2D eigenvalue weighted by molar-refractivity contribution is -0.170. The fourth-order valence-electron chi connectivity index (χ4n) is 13.7. The normalized spacial score (nSPS) is 24.5. The van der Waals surface area contributed by atoms with E-state index in [1.54, 1.807) is 48.5 Å². The van der Waals surface area contributed by atoms with Crippen molar-refractivity contribution < 1.29 is 112 Å². The zero-order valence-electron chi connectivity index (χ0n) is 67.0. The van der Waals surface area contributed by atoms with Crippen LogP contribution in [-0.4, -0.2) is 247 Å². The fourth-order valence-corrected chi connectivity index (χ4v) is 13.7. The Labute approximate surface area is 650 Å². The van der Waals surface area contributed by atoms with Gasteiger partial charge in [0.1, 0.15) is 48.5 Å². The average molecular weight is 1580 g/mol. The quantitative estimate of drug-likeness (QED) is 0.0305. The number of amides is 11. The minimum absolute atomic E-state index is 0.0231. The number of hydrogen-bond acceptors (Lipinski definition) is 23. The number of fused-ring (bicyclic) bond motifs is 1. The summed E-state index contributed by atoms with van der Waals surface area (Å²) in [5.74, 6) is -28.3. The van der Waals surface area contributed by atoms with Gasteiger partial charge in [0, 0.05) is 51.1 Å². The van der Waals surface area contributed by atoms with Crippen molar-refractivity contribution in [3.8, 4) is 0 Å². The number of carbonyl (C=O) groups is 16. The number of hydrogen-bond donors (Lipinski definition) is 17. The summed E-state index contributed by atoms with van der Waals surface area (Å²) in [5, 5.41) is 83.3. The number of rotatable bonds is 39. The number of piperidine rings is 1. The van der Waals surface area contributed by atoms with Crippen LogP contribution >= 0.6 is 0 Å². The molecule has 0 saturated carbocycles. The standard InChI is InChI=1S/C75H129N13O23/c1-15-39(8)31-40(9)61(97)44(13)66(101)81-48(20-18-27-76)69(104)80-47(23-26-58(93)94)62(98)63(99)72(107)86-60(42(11)43(12)65(79)100)56(91)33-46-64(41(10)37(4)5)111-75(110)54-22-16-17-29-88(54)74(109)51(34-59(95)96)83-67(102)45(38(6)7)32-55(90)53(24-25-57(78)92)87(14)73(108)50(30-36(2)3)84-70(105)49(21-19-28-77)82-71(106)52(35-89)85-68(46)103/h36-54,60-64,89,97-99H,15-35,76-77H2,1-14H3,(H2,78,92)(H2,79,100)(H,80,104)(H,81,101)(H,82,106)(H,83,102)(H,84,105)(H,85,103)(H,86,107)(H,93,94)(H,95,96)/t39-,40-,41-,42+,43-,44-,45+,46-,47+,48-,49-,50+,51-,52-,53+,54+,60+,61-,62-,63-,64-/m1/s1. The monoisotopic (exact) mass is 1580 g/mol. The van der Waals surface area contributed by atoms with E-state index in [4.69, 9.17) is 27.7 Å². The minimum atomic E-state index is -2.69. The highest BCUT2D eigenvalue weighted by Crippen LogP contribution is 2.32. The maximum Gasteiger partial charge on any atom is 0.329 e. The summed E-state index contributed by atoms with van der Waals surface area (Å²) in [5.41, 5.74) is 23.0. The Balaban J connectivity index is 3.10. The van der Waals surface area contributed by atoms with Gasteiger partial charge in [0.05, 0.1) is 49.1 Å². The van der Waals surface area contributed by atoms with Crippen molar-refractivity contribution >= 4 is 94.5 Å². The van der Waals surface area contributed by atoms with Crippen molar-refractivity contribution in [1.82, 2.24) is 47.0 Å². The van der Waals surface area contributed by atoms with Crippen LogP contribution in [0.2, 0.25) is 0 Å². The van der Waals surface area contributed by atoms with E-state index < -0.39 is 266 Å². The van der Waals surface area contributed by atoms with Crippen molar-refractivity contribution in [3.05, 3.63) is 0 Å². The third kappa shape index (κ3) is 30.9. The molecule has 0 spiro atoms. The number of cyclic esters (lactones) is 1. The molecule has 0 bridgehead atoms. The number of nitrogens with zero attached hydrogens (tertiary/aromatic N) is 2. The zero-order valence-corrected chi connectivity index (χ0v) is 67.0. The number of ketones is 2. The van der Waals surface area contributed by atoms with E-state index in [0.717, 1.165) is 16.2 Å². The van der Waals surface area contributed by atoms with E-state index in [-0.39, 0.29) is 95.2 Å². The highest BCUT2D eigenvalue weighted by molar-refractivity contribution is 6.00. The first-order chi connectivity index (χ1) is 51.8. The summed E-state index contributed by atoms with van der Waals surface area (Å²) in [6, 6.07) is -15.5. The summed E-state index contributed by atoms with van der Waals surface area (Å²) in [7, 11) is 1.22. The van der Waals surface area contributed by atoms with Crippen molar-refractivity contribution in [2.24, 2.45) is 88.0 Å². The van der Waals surface area contributed by atoms with E-state index in [2.05, 4.69) is 37.2 Å². The van der Waals surface area contributed by atoms with E-state index in [1.165, 1.54) is 34.7 Å². The number of carboxylic acids is 2. The van der Waals surface area contributed by atoms with E-state index in [9.17, 15) is 88.2 Å². The topological polar surface area (TPSA) is 598 Å². The second-order valence-electron chi connectivity index (χ2n) is 31.4. The number of carbonyl (C=O) groups excluding carboxylic acids is 14. The summed E-state index contributed by atoms with van der Waals surface area (Å²) >= 11 is 0. The van der Waals surface area contributed by atoms with E-state index in [0.29, 0.717) is 6.42 Å². The van der Waals surface area contributed by atoms with Crippen LogP contribution in [0.4, 0.5) is 0 Å². The number of Topliss-reactive ketones (excluding diaryl/α,β-unsaturated/α-hetero) is 2. The number of nitrogens with one attached hydrogen (secondary N) is 7. The first kappa shape index (κ1) is 98.8. The van der Waals surface area contributed by atoms with Crippen LogP contribution in [0.25, 0.3) is 0 Å². The zero-order chi connectivity index (χ0) is 84.8. The molecule has 632 valence electrons. The summed E-state index contributed by atoms with van der Waals surface area (Å²) < 4.78 is 6.35. The number of aliphatic hydroxyl groups is 4. The molecule has 2 aliphatic rings. The van der Waals surface area contributed by atoms with Crippen LogP contribution in [0.1, 0.15) is 199 Å². The minimum Gasteiger partial charge on any atom is -0.481 e. The Morgan fingerprint density at radius 2 is 1.23 bits per heavy atom. The van der Waals surface area contributed by atoms with Crippen LogP contribution in [0.15, 0.2) is 0 Å². The SMILES string of the molecule is CC[C@@H](C)C[C@@H](C)[C@@H](O)[C@@H](C)C(=O)N[C@H](CCCN)C(=O)N[C@@H](CCC(=O)O)[C@@H](O)[C@@H](O)C(=O)N[C@H](C(=O)C[C@H]1C(=O)N[C@H](CO)C(=O)N[C@H](CCCN)C(=O)N[C@@H](CC(C)C)C(=O)N(C)[C@@H](CCC(N)=O)C(=O)C[C@@H](C(C)C)C(=O)N[C@H](CC(=O)O)C(=O)N2CCCC[C@H]2C(=O)O[C@@H]1[C@H](C)C(C)C)[C@@H](C)[C@@H](C)C(N)=O. The molecule has 21 N–H and O–H groups in total. The van der Waals surface area contributed by atoms with Gasteiger partial charge in [0.2, 0.25) is 59.1 Å². The van der Waals surface area contributed by atoms with Gasteiger partial charge in [-0.05, 0) is 125 Å². The van der Waals surface area contributed by atoms with Gasteiger partial charge in [-0.3, -0.25) is 71.9 Å². The molecule has 111 heavy (non-hydrogen) atoms. The van der Waals surface area contributed by atoms with Gasteiger partial charge in [0.15, 0.2) is 17.7 Å². The van der Waals surface area contributed by atoms with Gasteiger partial charge in [-0.25, -0.2) is 4.79 Å². The lowest BCUT2D eigenvalue weighted by Gasteiger charge is -2.39. The Morgan fingerprint density at radius 3 is 1.77 bits per heavy atom. The molecule has 0 aromatic carbocycles. The number of aliphatic carboxylic acids is 2. The molecule has 2 rings (SSSR count). The number of esters is 1. The fraction of sp³-hybridized carbons (Fsp3) is 0.787. The van der Waals surface area contributed by atoms with Crippen LogP contribution < -0.4 is 60.2 Å². The first-order valence-electron chi connectivity index (χ1n) is 38.8. The Kier molecular flexibility index (Phi) is 42.6. The number of likely N-dealkylation sites (N-methyl/N-ethyl adjacent to an activating group) is 1. The van der Waals surface area contributed by atoms with E-state index >= 15 is 19.2 Å². The van der Waals surface area contributed by atoms with Crippen LogP contribution in [0.3, 0.4) is 0 Å². The molecule has 2 fully saturated rings. The van der Waals surface area contributed by atoms with Gasteiger partial charge >= 0.3 is 17.9 Å². The average Bonchev–Trinajstić information content (AvgIpc) is 0.920. The number of aliphatic hydroxyl groups excluding tert-OH is 4. The van der Waals surface area contributed by atoms with Crippen molar-refractivity contribution in [2.75, 3.05) is 33.3 Å². The van der Waals surface area contributed by atoms with Gasteiger partial charge in [-0.15, -0.1) is 0 Å².